The summed E-state index contributed by atoms with van der Waals surface area (Å²) in [4.78, 5) is 32.4. The molecule has 114 valence electrons. The van der Waals surface area contributed by atoms with Gasteiger partial charge in [-0.3, -0.25) is 21.0 Å². The van der Waals surface area contributed by atoms with Crippen molar-refractivity contribution in [3.05, 3.63) is 29.8 Å². The third kappa shape index (κ3) is 7.20. The average molecular weight is 311 g/mol. The Morgan fingerprint density at radius 2 is 1.86 bits per heavy atom. The van der Waals surface area contributed by atoms with Gasteiger partial charge in [-0.05, 0) is 19.4 Å². The van der Waals surface area contributed by atoms with Crippen LogP contribution >= 0.6 is 0 Å². The second kappa shape index (κ2) is 10.5. The van der Waals surface area contributed by atoms with Crippen LogP contribution in [0.3, 0.4) is 0 Å². The molecule has 1 fully saturated rings. The number of nitrogens with one attached hydrogen (secondary N) is 1. The fourth-order valence-electron chi connectivity index (χ4n) is 1.76. The summed E-state index contributed by atoms with van der Waals surface area (Å²) in [6.45, 7) is 4.23. The van der Waals surface area contributed by atoms with E-state index >= 15 is 0 Å². The van der Waals surface area contributed by atoms with E-state index in [2.05, 4.69) is 25.2 Å². The maximum Gasteiger partial charge on any atom is 1.00 e. The van der Waals surface area contributed by atoms with Gasteiger partial charge >= 0.3 is 29.6 Å². The van der Waals surface area contributed by atoms with Crippen molar-refractivity contribution in [2.24, 2.45) is 0 Å². The van der Waals surface area contributed by atoms with Crippen molar-refractivity contribution in [1.82, 2.24) is 5.32 Å². The Morgan fingerprint density at radius 3 is 2.27 bits per heavy atom. The quantitative estimate of drug-likeness (QED) is 0.335. The summed E-state index contributed by atoms with van der Waals surface area (Å²) >= 11 is 0. The Morgan fingerprint density at radius 1 is 1.27 bits per heavy atom. The number of nitrogens with zero attached hydrogens (tertiary/aromatic N) is 1. The van der Waals surface area contributed by atoms with Crippen molar-refractivity contribution in [1.29, 1.82) is 0 Å². The van der Waals surface area contributed by atoms with Crippen LogP contribution in [0.5, 0.6) is 0 Å². The first-order chi connectivity index (χ1) is 9.93. The van der Waals surface area contributed by atoms with Gasteiger partial charge in [0.2, 0.25) is 11.8 Å². The zero-order valence-electron chi connectivity index (χ0n) is 13.6. The molecule has 1 aromatic rings. The normalized spacial score (nSPS) is 13.5. The molecule has 0 aliphatic carbocycles. The third-order valence-electron chi connectivity index (χ3n) is 3.06. The van der Waals surface area contributed by atoms with Gasteiger partial charge in [0.25, 0.3) is 0 Å². The number of carbonyl (C=O) groups is 2. The van der Waals surface area contributed by atoms with Crippen molar-refractivity contribution >= 4 is 23.9 Å². The summed E-state index contributed by atoms with van der Waals surface area (Å²) in [5.41, 5.74) is 1.97. The fourth-order valence-corrected chi connectivity index (χ4v) is 1.76. The molecule has 1 aliphatic rings. The number of carbonyl (C=O) groups excluding carboxylic acids is 3. The van der Waals surface area contributed by atoms with Crippen LogP contribution in [0.1, 0.15) is 44.6 Å². The molecule has 0 spiro atoms. The number of benzene rings is 1. The van der Waals surface area contributed by atoms with Crippen LogP contribution in [-0.4, -0.2) is 25.3 Å². The van der Waals surface area contributed by atoms with Crippen LogP contribution in [0.15, 0.2) is 18.2 Å². The molecule has 1 aliphatic heterocycles. The van der Waals surface area contributed by atoms with E-state index in [1.54, 1.807) is 13.5 Å². The van der Waals surface area contributed by atoms with E-state index in [1.807, 2.05) is 18.2 Å². The van der Waals surface area contributed by atoms with Crippen LogP contribution in [0.25, 0.3) is 0 Å². The Labute approximate surface area is 153 Å². The molecule has 1 saturated heterocycles. The van der Waals surface area contributed by atoms with Crippen LogP contribution in [-0.2, 0) is 14.4 Å². The van der Waals surface area contributed by atoms with Crippen molar-refractivity contribution in [2.75, 3.05) is 11.9 Å². The molecule has 0 radical (unpaired) electrons. The molecule has 3 amide bonds. The predicted octanol–water partition coefficient (Wildman–Crippen LogP) is -1.07. The fraction of sp³-hybridized carbons (Fsp3) is 0.438. The molecule has 0 atom stereocenters. The topological polar surface area (TPSA) is 66.5 Å². The summed E-state index contributed by atoms with van der Waals surface area (Å²) in [6.07, 6.45) is 3.52. The second-order valence-electron chi connectivity index (χ2n) is 5.14. The minimum absolute atomic E-state index is 0. The van der Waals surface area contributed by atoms with Gasteiger partial charge in [0.05, 0.1) is 6.41 Å². The first-order valence-electron chi connectivity index (χ1n) is 6.90. The molecule has 1 aromatic carbocycles. The van der Waals surface area contributed by atoms with E-state index in [4.69, 9.17) is 0 Å². The summed E-state index contributed by atoms with van der Waals surface area (Å²) in [5.74, 6) is 0.191. The van der Waals surface area contributed by atoms with Crippen molar-refractivity contribution in [3.8, 4) is 0 Å². The van der Waals surface area contributed by atoms with E-state index < -0.39 is 0 Å². The maximum absolute atomic E-state index is 10.4. The van der Waals surface area contributed by atoms with E-state index in [-0.39, 0.29) is 41.4 Å². The summed E-state index contributed by atoms with van der Waals surface area (Å²) in [5, 5.41) is 2.20. The van der Waals surface area contributed by atoms with Gasteiger partial charge in [-0.15, -0.1) is 0 Å². The number of rotatable bonds is 3. The predicted molar refractivity (Wildman–Crippen MR) is 80.5 cm³/mol. The molecule has 0 aromatic heterocycles. The maximum atomic E-state index is 10.4. The number of anilines is 1. The molecule has 22 heavy (non-hydrogen) atoms. The minimum Gasteiger partial charge on any atom is -0.501 e. The monoisotopic (exact) mass is 311 g/mol. The molecule has 1 heterocycles. The molecular weight excluding hydrogens is 291 g/mol. The van der Waals surface area contributed by atoms with Gasteiger partial charge < -0.3 is 9.69 Å². The van der Waals surface area contributed by atoms with Gasteiger partial charge in [-0.25, -0.2) is 11.8 Å². The first kappa shape index (κ1) is 20.8. The van der Waals surface area contributed by atoms with Crippen LogP contribution in [0.2, 0.25) is 0 Å². The number of imide groups is 1. The third-order valence-corrected chi connectivity index (χ3v) is 3.06. The average Bonchev–Trinajstić information content (AvgIpc) is 2.47. The van der Waals surface area contributed by atoms with Crippen LogP contribution in [0.4, 0.5) is 5.69 Å². The summed E-state index contributed by atoms with van der Waals surface area (Å²) in [7, 11) is 1.67. The standard InChI is InChI=1S/C11H13NO.C5H7NO2.Na/c1-9(2)10-5-4-6-11(7-10)12(3)8-13;7-4-2-1-3-5(8)6-4;/h4-5,7,9H,1-3H3;1-3H2,(H,6,7,8);/q-2;;+1. The van der Waals surface area contributed by atoms with Gasteiger partial charge in [-0.2, -0.15) is 17.7 Å². The van der Waals surface area contributed by atoms with E-state index in [0.29, 0.717) is 25.2 Å². The van der Waals surface area contributed by atoms with Gasteiger partial charge in [0.1, 0.15) is 0 Å². The van der Waals surface area contributed by atoms with Crippen LogP contribution in [0, 0.1) is 6.07 Å². The smallest absolute Gasteiger partial charge is 0.501 e. The number of amides is 3. The van der Waals surface area contributed by atoms with Crippen molar-refractivity contribution in [3.63, 3.8) is 0 Å². The Hall–Kier alpha value is -1.17. The Kier molecular flexibility index (Phi) is 9.98. The van der Waals surface area contributed by atoms with Crippen LogP contribution < -0.4 is 39.8 Å². The molecule has 0 saturated carbocycles. The Balaban J connectivity index is 0.000000423. The van der Waals surface area contributed by atoms with Gasteiger partial charge in [-0.1, -0.05) is 13.8 Å². The van der Waals surface area contributed by atoms with Gasteiger partial charge in [0, 0.05) is 12.8 Å². The minimum atomic E-state index is -0.138. The van der Waals surface area contributed by atoms with E-state index in [9.17, 15) is 14.4 Å². The number of hydrogen-bond donors (Lipinski definition) is 1. The van der Waals surface area contributed by atoms with E-state index in [1.165, 1.54) is 10.5 Å². The molecule has 0 unspecified atom stereocenters. The Bertz CT molecular complexity index is 504. The molecular formula is C16H20N2NaO3-. The second-order valence-corrected chi connectivity index (χ2v) is 5.14. The molecule has 1 N–H and O–H groups in total. The molecule has 2 rings (SSSR count). The molecule has 6 heteroatoms. The summed E-state index contributed by atoms with van der Waals surface area (Å²) in [6, 6.07) is 8.77. The van der Waals surface area contributed by atoms with Gasteiger partial charge in [0.15, 0.2) is 0 Å². The molecule has 5 nitrogen and oxygen atoms in total. The number of hydrogen-bond acceptors (Lipinski definition) is 3. The zero-order valence-corrected chi connectivity index (χ0v) is 15.6. The zero-order chi connectivity index (χ0) is 15.8. The summed E-state index contributed by atoms with van der Waals surface area (Å²) < 4.78 is 0. The van der Waals surface area contributed by atoms with Crippen molar-refractivity contribution < 1.29 is 43.9 Å². The first-order valence-corrected chi connectivity index (χ1v) is 6.90. The number of piperidine rings is 1. The SMILES string of the molecule is CC(C)c1cc[c-]c(N(C)[C-]=O)c1.O=C1CCCC(=O)N1.[Na+]. The van der Waals surface area contributed by atoms with Crippen molar-refractivity contribution in [2.45, 2.75) is 39.0 Å². The largest absolute Gasteiger partial charge is 1.00 e. The van der Waals surface area contributed by atoms with E-state index in [0.717, 1.165) is 5.69 Å². The molecule has 0 bridgehead atoms.